The largest absolute Gasteiger partial charge is 0.352 e. The van der Waals surface area contributed by atoms with E-state index in [1.807, 2.05) is 6.20 Å². The summed E-state index contributed by atoms with van der Waals surface area (Å²) >= 11 is 0. The summed E-state index contributed by atoms with van der Waals surface area (Å²) in [5.41, 5.74) is 3.21. The first-order valence-electron chi connectivity index (χ1n) is 9.06. The van der Waals surface area contributed by atoms with E-state index < -0.39 is 0 Å². The van der Waals surface area contributed by atoms with Crippen LogP contribution in [0.1, 0.15) is 61.4 Å². The maximum absolute atomic E-state index is 12.7. The lowest BCUT2D eigenvalue weighted by Crippen LogP contribution is -2.29. The molecule has 1 fully saturated rings. The van der Waals surface area contributed by atoms with Crippen molar-refractivity contribution in [1.82, 2.24) is 9.88 Å². The molecule has 3 rings (SSSR count). The Kier molecular flexibility index (Phi) is 5.04. The van der Waals surface area contributed by atoms with Gasteiger partial charge in [-0.25, -0.2) is 0 Å². The maximum atomic E-state index is 12.7. The van der Waals surface area contributed by atoms with Crippen LogP contribution in [-0.4, -0.2) is 17.0 Å². The van der Waals surface area contributed by atoms with Gasteiger partial charge in [-0.3, -0.25) is 4.79 Å². The SMILES string of the molecule is CCn1cc(C(=O)NCC2CCCCCC2)c2ccc(C)cc21. The van der Waals surface area contributed by atoms with Crippen LogP contribution in [0.4, 0.5) is 0 Å². The van der Waals surface area contributed by atoms with Gasteiger partial charge in [-0.1, -0.05) is 37.8 Å². The van der Waals surface area contributed by atoms with E-state index in [2.05, 4.69) is 41.9 Å². The van der Waals surface area contributed by atoms with E-state index in [1.165, 1.54) is 44.1 Å². The molecule has 1 saturated carbocycles. The van der Waals surface area contributed by atoms with Crippen LogP contribution < -0.4 is 5.32 Å². The van der Waals surface area contributed by atoms with Crippen molar-refractivity contribution in [1.29, 1.82) is 0 Å². The van der Waals surface area contributed by atoms with Crippen molar-refractivity contribution in [2.24, 2.45) is 5.92 Å². The zero-order valence-corrected chi connectivity index (χ0v) is 14.4. The van der Waals surface area contributed by atoms with Crippen molar-refractivity contribution < 1.29 is 4.79 Å². The highest BCUT2D eigenvalue weighted by molar-refractivity contribution is 6.07. The number of aryl methyl sites for hydroxylation is 2. The van der Waals surface area contributed by atoms with Crippen LogP contribution in [0.25, 0.3) is 10.9 Å². The molecule has 3 heteroatoms. The molecule has 0 unspecified atom stereocenters. The second kappa shape index (κ2) is 7.20. The number of carbonyl (C=O) groups excluding carboxylic acids is 1. The summed E-state index contributed by atoms with van der Waals surface area (Å²) in [5.74, 6) is 0.735. The second-order valence-corrected chi connectivity index (χ2v) is 6.92. The molecule has 1 aromatic heterocycles. The van der Waals surface area contributed by atoms with E-state index in [4.69, 9.17) is 0 Å². The van der Waals surface area contributed by atoms with E-state index in [1.54, 1.807) is 0 Å². The summed E-state index contributed by atoms with van der Waals surface area (Å²) in [6.07, 6.45) is 9.87. The van der Waals surface area contributed by atoms with E-state index in [0.29, 0.717) is 5.92 Å². The molecule has 0 atom stereocenters. The van der Waals surface area contributed by atoms with Gasteiger partial charge in [0.05, 0.1) is 5.56 Å². The number of nitrogens with zero attached hydrogens (tertiary/aromatic N) is 1. The lowest BCUT2D eigenvalue weighted by Gasteiger charge is -2.14. The number of benzene rings is 1. The molecule has 124 valence electrons. The molecule has 2 aromatic rings. The Labute approximate surface area is 139 Å². The van der Waals surface area contributed by atoms with Gasteiger partial charge in [0.25, 0.3) is 5.91 Å². The number of amides is 1. The van der Waals surface area contributed by atoms with Gasteiger partial charge in [0.15, 0.2) is 0 Å². The third-order valence-corrected chi connectivity index (χ3v) is 5.15. The molecule has 0 bridgehead atoms. The summed E-state index contributed by atoms with van der Waals surface area (Å²) in [7, 11) is 0. The maximum Gasteiger partial charge on any atom is 0.253 e. The van der Waals surface area contributed by atoms with Gasteiger partial charge in [-0.2, -0.15) is 0 Å². The first-order valence-corrected chi connectivity index (χ1v) is 9.06. The van der Waals surface area contributed by atoms with E-state index in [0.717, 1.165) is 29.6 Å². The molecule has 0 aliphatic heterocycles. The van der Waals surface area contributed by atoms with E-state index in [9.17, 15) is 4.79 Å². The monoisotopic (exact) mass is 312 g/mol. The summed E-state index contributed by atoms with van der Waals surface area (Å²) < 4.78 is 2.17. The van der Waals surface area contributed by atoms with Crippen LogP contribution in [0.2, 0.25) is 0 Å². The fraction of sp³-hybridized carbons (Fsp3) is 0.550. The third kappa shape index (κ3) is 3.60. The number of rotatable bonds is 4. The number of aromatic nitrogens is 1. The molecule has 1 aliphatic rings. The summed E-state index contributed by atoms with van der Waals surface area (Å²) in [5, 5.41) is 4.25. The van der Waals surface area contributed by atoms with Gasteiger partial charge in [-0.15, -0.1) is 0 Å². The van der Waals surface area contributed by atoms with E-state index in [-0.39, 0.29) is 5.91 Å². The van der Waals surface area contributed by atoms with Gasteiger partial charge in [0.2, 0.25) is 0 Å². The van der Waals surface area contributed by atoms with Crippen molar-refractivity contribution in [3.63, 3.8) is 0 Å². The fourth-order valence-corrected chi connectivity index (χ4v) is 3.74. The zero-order valence-electron chi connectivity index (χ0n) is 14.4. The van der Waals surface area contributed by atoms with Crippen molar-refractivity contribution in [3.8, 4) is 0 Å². The van der Waals surface area contributed by atoms with Crippen LogP contribution >= 0.6 is 0 Å². The van der Waals surface area contributed by atoms with Crippen LogP contribution in [0.5, 0.6) is 0 Å². The normalized spacial score (nSPS) is 16.4. The van der Waals surface area contributed by atoms with Crippen molar-refractivity contribution in [2.75, 3.05) is 6.54 Å². The molecular weight excluding hydrogens is 284 g/mol. The summed E-state index contributed by atoms with van der Waals surface area (Å²) in [6.45, 7) is 5.92. The number of hydrogen-bond acceptors (Lipinski definition) is 1. The van der Waals surface area contributed by atoms with Crippen LogP contribution in [0.15, 0.2) is 24.4 Å². The fourth-order valence-electron chi connectivity index (χ4n) is 3.74. The minimum absolute atomic E-state index is 0.0790. The van der Waals surface area contributed by atoms with Crippen LogP contribution in [-0.2, 0) is 6.54 Å². The Morgan fingerprint density at radius 1 is 1.22 bits per heavy atom. The third-order valence-electron chi connectivity index (χ3n) is 5.15. The summed E-state index contributed by atoms with van der Waals surface area (Å²) in [4.78, 5) is 12.7. The van der Waals surface area contributed by atoms with Gasteiger partial charge in [-0.05, 0) is 44.2 Å². The molecule has 23 heavy (non-hydrogen) atoms. The number of carbonyl (C=O) groups is 1. The second-order valence-electron chi connectivity index (χ2n) is 6.92. The Morgan fingerprint density at radius 2 is 1.96 bits per heavy atom. The van der Waals surface area contributed by atoms with Gasteiger partial charge in [0, 0.05) is 30.2 Å². The number of fused-ring (bicyclic) bond motifs is 1. The minimum atomic E-state index is 0.0790. The Morgan fingerprint density at radius 3 is 2.65 bits per heavy atom. The van der Waals surface area contributed by atoms with Gasteiger partial charge in [0.1, 0.15) is 0 Å². The molecule has 0 spiro atoms. The minimum Gasteiger partial charge on any atom is -0.352 e. The Balaban J connectivity index is 1.75. The molecular formula is C20H28N2O. The van der Waals surface area contributed by atoms with Crippen LogP contribution in [0.3, 0.4) is 0 Å². The predicted octanol–water partition coefficient (Wildman–Crippen LogP) is 4.67. The highest BCUT2D eigenvalue weighted by Gasteiger charge is 2.17. The molecule has 3 nitrogen and oxygen atoms in total. The number of hydrogen-bond donors (Lipinski definition) is 1. The Hall–Kier alpha value is -1.77. The van der Waals surface area contributed by atoms with Crippen molar-refractivity contribution in [2.45, 2.75) is 58.9 Å². The lowest BCUT2D eigenvalue weighted by molar-refractivity contribution is 0.0947. The van der Waals surface area contributed by atoms with Crippen LogP contribution in [0, 0.1) is 12.8 Å². The molecule has 1 N–H and O–H groups in total. The van der Waals surface area contributed by atoms with Gasteiger partial charge >= 0.3 is 0 Å². The highest BCUT2D eigenvalue weighted by Crippen LogP contribution is 2.24. The molecule has 1 amide bonds. The first kappa shape index (κ1) is 16.1. The molecule has 0 saturated heterocycles. The Bertz CT molecular complexity index is 678. The molecule has 0 radical (unpaired) electrons. The van der Waals surface area contributed by atoms with Crippen molar-refractivity contribution in [3.05, 3.63) is 35.5 Å². The smallest absolute Gasteiger partial charge is 0.253 e. The molecule has 1 aromatic carbocycles. The standard InChI is InChI=1S/C20H28N2O/c1-3-22-14-18(17-11-10-15(2)12-19(17)22)20(23)21-13-16-8-6-4-5-7-9-16/h10-12,14,16H,3-9,13H2,1-2H3,(H,21,23). The highest BCUT2D eigenvalue weighted by atomic mass is 16.1. The lowest BCUT2D eigenvalue weighted by atomic mass is 10.0. The zero-order chi connectivity index (χ0) is 16.2. The van der Waals surface area contributed by atoms with Crippen molar-refractivity contribution >= 4 is 16.8 Å². The number of nitrogens with one attached hydrogen (secondary N) is 1. The van der Waals surface area contributed by atoms with E-state index >= 15 is 0 Å². The topological polar surface area (TPSA) is 34.0 Å². The quantitative estimate of drug-likeness (QED) is 0.818. The molecule has 1 heterocycles. The van der Waals surface area contributed by atoms with Gasteiger partial charge < -0.3 is 9.88 Å². The summed E-state index contributed by atoms with van der Waals surface area (Å²) in [6, 6.07) is 6.34. The first-order chi connectivity index (χ1) is 11.2. The predicted molar refractivity (Wildman–Crippen MR) is 95.9 cm³/mol. The molecule has 1 aliphatic carbocycles. The average Bonchev–Trinajstić information content (AvgIpc) is 2.72. The average molecular weight is 312 g/mol.